The molecule has 2 heterocycles. The van der Waals surface area contributed by atoms with E-state index in [1.807, 2.05) is 18.2 Å². The summed E-state index contributed by atoms with van der Waals surface area (Å²) >= 11 is 3.43. The highest BCUT2D eigenvalue weighted by molar-refractivity contribution is 9.10. The Morgan fingerprint density at radius 1 is 1.14 bits per heavy atom. The van der Waals surface area contributed by atoms with Crippen molar-refractivity contribution in [2.75, 3.05) is 0 Å². The molecule has 0 saturated carbocycles. The molecule has 0 bridgehead atoms. The van der Waals surface area contributed by atoms with Gasteiger partial charge in [0.05, 0.1) is 16.6 Å². The largest absolute Gasteiger partial charge is 0.366 e. The topological polar surface area (TPSA) is 100 Å². The molecule has 4 aromatic rings. The number of hydrogen-bond donors (Lipinski definition) is 3. The maximum atomic E-state index is 11.4. The van der Waals surface area contributed by atoms with E-state index in [0.29, 0.717) is 17.1 Å². The third-order valence-corrected chi connectivity index (χ3v) is 4.01. The van der Waals surface area contributed by atoms with Crippen molar-refractivity contribution in [3.8, 4) is 11.5 Å². The number of nitrogens with zero attached hydrogens (tertiary/aromatic N) is 2. The van der Waals surface area contributed by atoms with Gasteiger partial charge in [0.1, 0.15) is 5.69 Å². The molecule has 1 amide bonds. The van der Waals surface area contributed by atoms with Crippen LogP contribution >= 0.6 is 15.9 Å². The molecule has 0 saturated heterocycles. The first kappa shape index (κ1) is 13.0. The van der Waals surface area contributed by atoms with Crippen molar-refractivity contribution in [2.24, 2.45) is 5.73 Å². The Bertz CT molecular complexity index is 1030. The second-order valence-electron chi connectivity index (χ2n) is 4.94. The third-order valence-electron chi connectivity index (χ3n) is 3.52. The average molecular weight is 356 g/mol. The standard InChI is InChI=1S/C15H10BrN5O/c16-8-2-4-11-12(6-8)19-15(18-11)13-9-5-7(14(17)22)1-3-10(9)20-21-13/h1-6H,(H2,17,22)(H,18,19)(H,20,21). The molecular weight excluding hydrogens is 346 g/mol. The van der Waals surface area contributed by atoms with Crippen molar-refractivity contribution >= 4 is 43.8 Å². The Hall–Kier alpha value is -2.67. The zero-order valence-electron chi connectivity index (χ0n) is 11.2. The van der Waals surface area contributed by atoms with E-state index in [-0.39, 0.29) is 0 Å². The summed E-state index contributed by atoms with van der Waals surface area (Å²) in [6.45, 7) is 0. The number of hydrogen-bond acceptors (Lipinski definition) is 3. The molecule has 22 heavy (non-hydrogen) atoms. The van der Waals surface area contributed by atoms with Crippen molar-refractivity contribution in [3.63, 3.8) is 0 Å². The molecule has 108 valence electrons. The number of imidazole rings is 1. The summed E-state index contributed by atoms with van der Waals surface area (Å²) in [7, 11) is 0. The van der Waals surface area contributed by atoms with Gasteiger partial charge in [-0.05, 0) is 36.4 Å². The van der Waals surface area contributed by atoms with Crippen LogP contribution in [0.25, 0.3) is 33.5 Å². The number of nitrogens with two attached hydrogens (primary N) is 1. The number of aromatic amines is 2. The number of benzene rings is 2. The van der Waals surface area contributed by atoms with Gasteiger partial charge in [-0.25, -0.2) is 4.98 Å². The SMILES string of the molecule is NC(=O)c1ccc2[nH]nc(-c3nc4ccc(Br)cc4[nH]3)c2c1. The molecule has 0 radical (unpaired) electrons. The minimum Gasteiger partial charge on any atom is -0.366 e. The fourth-order valence-electron chi connectivity index (χ4n) is 2.44. The molecule has 7 heteroatoms. The van der Waals surface area contributed by atoms with Crippen LogP contribution in [-0.2, 0) is 0 Å². The van der Waals surface area contributed by atoms with E-state index in [2.05, 4.69) is 36.1 Å². The normalized spacial score (nSPS) is 11.3. The molecule has 6 nitrogen and oxygen atoms in total. The number of halogens is 1. The lowest BCUT2D eigenvalue weighted by Crippen LogP contribution is -2.10. The number of carbonyl (C=O) groups excluding carboxylic acids is 1. The molecule has 0 aliphatic carbocycles. The van der Waals surface area contributed by atoms with E-state index in [9.17, 15) is 4.79 Å². The van der Waals surface area contributed by atoms with Gasteiger partial charge >= 0.3 is 0 Å². The fourth-order valence-corrected chi connectivity index (χ4v) is 2.80. The van der Waals surface area contributed by atoms with Crippen LogP contribution < -0.4 is 5.73 Å². The number of carbonyl (C=O) groups is 1. The van der Waals surface area contributed by atoms with Gasteiger partial charge in [0.25, 0.3) is 0 Å². The van der Waals surface area contributed by atoms with Crippen molar-refractivity contribution < 1.29 is 4.79 Å². The van der Waals surface area contributed by atoms with Crippen LogP contribution in [0.15, 0.2) is 40.9 Å². The summed E-state index contributed by atoms with van der Waals surface area (Å²) in [5, 5.41) is 8.04. The Kier molecular flexibility index (Phi) is 2.77. The molecular formula is C15H10BrN5O. The van der Waals surface area contributed by atoms with Gasteiger partial charge in [-0.1, -0.05) is 15.9 Å². The summed E-state index contributed by atoms with van der Waals surface area (Å²) in [5.74, 6) is 0.170. The summed E-state index contributed by atoms with van der Waals surface area (Å²) in [4.78, 5) is 19.1. The van der Waals surface area contributed by atoms with E-state index < -0.39 is 5.91 Å². The predicted molar refractivity (Wildman–Crippen MR) is 87.4 cm³/mol. The second-order valence-corrected chi connectivity index (χ2v) is 5.86. The van der Waals surface area contributed by atoms with Crippen LogP contribution in [0.1, 0.15) is 10.4 Å². The summed E-state index contributed by atoms with van der Waals surface area (Å²) in [6, 6.07) is 11.0. The molecule has 2 aromatic heterocycles. The quantitative estimate of drug-likeness (QED) is 0.515. The zero-order chi connectivity index (χ0) is 15.3. The minimum absolute atomic E-state index is 0.439. The third kappa shape index (κ3) is 1.98. The number of amides is 1. The second kappa shape index (κ2) is 4.67. The van der Waals surface area contributed by atoms with Crippen LogP contribution in [0, 0.1) is 0 Å². The lowest BCUT2D eigenvalue weighted by molar-refractivity contribution is 0.100. The van der Waals surface area contributed by atoms with Crippen molar-refractivity contribution in [3.05, 3.63) is 46.4 Å². The van der Waals surface area contributed by atoms with E-state index in [1.165, 1.54) is 0 Å². The lowest BCUT2D eigenvalue weighted by Gasteiger charge is -1.96. The van der Waals surface area contributed by atoms with Gasteiger partial charge in [-0.15, -0.1) is 0 Å². The smallest absolute Gasteiger partial charge is 0.248 e. The average Bonchev–Trinajstić information content (AvgIpc) is 3.08. The molecule has 0 atom stereocenters. The first-order valence-electron chi connectivity index (χ1n) is 6.55. The first-order chi connectivity index (χ1) is 10.6. The molecule has 0 aliphatic rings. The first-order valence-corrected chi connectivity index (χ1v) is 7.35. The highest BCUT2D eigenvalue weighted by Gasteiger charge is 2.14. The lowest BCUT2D eigenvalue weighted by atomic mass is 10.1. The molecule has 0 fully saturated rings. The number of primary amides is 1. The Balaban J connectivity index is 1.95. The maximum Gasteiger partial charge on any atom is 0.248 e. The van der Waals surface area contributed by atoms with Gasteiger partial charge < -0.3 is 10.7 Å². The monoisotopic (exact) mass is 355 g/mol. The minimum atomic E-state index is -0.470. The molecule has 0 unspecified atom stereocenters. The van der Waals surface area contributed by atoms with Crippen LogP contribution in [-0.4, -0.2) is 26.1 Å². The molecule has 2 aromatic carbocycles. The zero-order valence-corrected chi connectivity index (χ0v) is 12.8. The Labute approximate surface area is 132 Å². The van der Waals surface area contributed by atoms with Gasteiger partial charge in [0.2, 0.25) is 5.91 Å². The van der Waals surface area contributed by atoms with E-state index in [0.717, 1.165) is 26.4 Å². The van der Waals surface area contributed by atoms with Gasteiger partial charge in [-0.2, -0.15) is 5.10 Å². The number of fused-ring (bicyclic) bond motifs is 2. The van der Waals surface area contributed by atoms with Gasteiger partial charge in [-0.3, -0.25) is 9.89 Å². The summed E-state index contributed by atoms with van der Waals surface area (Å²) in [5.41, 5.74) is 9.02. The van der Waals surface area contributed by atoms with E-state index >= 15 is 0 Å². The fraction of sp³-hybridized carbons (Fsp3) is 0. The van der Waals surface area contributed by atoms with Crippen LogP contribution in [0.5, 0.6) is 0 Å². The molecule has 0 aliphatic heterocycles. The summed E-state index contributed by atoms with van der Waals surface area (Å²) < 4.78 is 0.970. The van der Waals surface area contributed by atoms with E-state index in [1.54, 1.807) is 18.2 Å². The number of nitrogens with one attached hydrogen (secondary N) is 2. The van der Waals surface area contributed by atoms with Crippen molar-refractivity contribution in [2.45, 2.75) is 0 Å². The number of rotatable bonds is 2. The van der Waals surface area contributed by atoms with Gasteiger partial charge in [0.15, 0.2) is 5.82 Å². The van der Waals surface area contributed by atoms with Crippen molar-refractivity contribution in [1.29, 1.82) is 0 Å². The van der Waals surface area contributed by atoms with Crippen LogP contribution in [0.4, 0.5) is 0 Å². The molecule has 4 rings (SSSR count). The highest BCUT2D eigenvalue weighted by Crippen LogP contribution is 2.27. The predicted octanol–water partition coefficient (Wildman–Crippen LogP) is 2.97. The Morgan fingerprint density at radius 2 is 2.00 bits per heavy atom. The molecule has 4 N–H and O–H groups in total. The van der Waals surface area contributed by atoms with Gasteiger partial charge in [0, 0.05) is 15.4 Å². The summed E-state index contributed by atoms with van der Waals surface area (Å²) in [6.07, 6.45) is 0. The van der Waals surface area contributed by atoms with Crippen LogP contribution in [0.3, 0.4) is 0 Å². The number of H-pyrrole nitrogens is 2. The molecule has 0 spiro atoms. The van der Waals surface area contributed by atoms with E-state index in [4.69, 9.17) is 5.73 Å². The highest BCUT2D eigenvalue weighted by atomic mass is 79.9. The number of aromatic nitrogens is 4. The Morgan fingerprint density at radius 3 is 2.82 bits per heavy atom. The van der Waals surface area contributed by atoms with Crippen molar-refractivity contribution in [1.82, 2.24) is 20.2 Å². The van der Waals surface area contributed by atoms with Crippen LogP contribution in [0.2, 0.25) is 0 Å². The maximum absolute atomic E-state index is 11.4.